The fourth-order valence-corrected chi connectivity index (χ4v) is 1.67. The number of rotatable bonds is 3. The third-order valence-electron chi connectivity index (χ3n) is 2.68. The predicted octanol–water partition coefficient (Wildman–Crippen LogP) is 2.23. The maximum atomic E-state index is 10.2. The number of pyridine rings is 1. The number of anilines is 1. The van der Waals surface area contributed by atoms with Crippen molar-refractivity contribution in [3.63, 3.8) is 0 Å². The SMILES string of the molecule is CN(C)c1ccnc([C@H](O)c2ccccc2)c1. The number of hydrogen-bond acceptors (Lipinski definition) is 3. The van der Waals surface area contributed by atoms with Gasteiger partial charge in [0.05, 0.1) is 5.69 Å². The standard InChI is InChI=1S/C14H16N2O/c1-16(2)12-8-9-15-13(10-12)14(17)11-6-4-3-5-7-11/h3-10,14,17H,1-2H3/t14-/m1/s1. The number of aliphatic hydroxyl groups excluding tert-OH is 1. The Balaban J connectivity index is 2.31. The summed E-state index contributed by atoms with van der Waals surface area (Å²) in [6, 6.07) is 13.4. The third-order valence-corrected chi connectivity index (χ3v) is 2.68. The van der Waals surface area contributed by atoms with Gasteiger partial charge in [0.2, 0.25) is 0 Å². The van der Waals surface area contributed by atoms with Crippen molar-refractivity contribution in [2.75, 3.05) is 19.0 Å². The van der Waals surface area contributed by atoms with Crippen molar-refractivity contribution in [2.45, 2.75) is 6.10 Å². The van der Waals surface area contributed by atoms with E-state index in [9.17, 15) is 5.11 Å². The lowest BCUT2D eigenvalue weighted by Crippen LogP contribution is -2.10. The van der Waals surface area contributed by atoms with Crippen molar-refractivity contribution in [1.82, 2.24) is 4.98 Å². The summed E-state index contributed by atoms with van der Waals surface area (Å²) in [6.45, 7) is 0. The van der Waals surface area contributed by atoms with Crippen LogP contribution < -0.4 is 4.90 Å². The number of hydrogen-bond donors (Lipinski definition) is 1. The Morgan fingerprint density at radius 1 is 1.12 bits per heavy atom. The lowest BCUT2D eigenvalue weighted by atomic mass is 10.1. The van der Waals surface area contributed by atoms with Crippen LogP contribution in [-0.4, -0.2) is 24.2 Å². The van der Waals surface area contributed by atoms with Gasteiger partial charge < -0.3 is 10.0 Å². The molecular formula is C14H16N2O. The molecule has 2 aromatic rings. The first kappa shape index (κ1) is 11.6. The van der Waals surface area contributed by atoms with E-state index < -0.39 is 6.10 Å². The molecular weight excluding hydrogens is 212 g/mol. The predicted molar refractivity (Wildman–Crippen MR) is 69.1 cm³/mol. The highest BCUT2D eigenvalue weighted by Crippen LogP contribution is 2.22. The van der Waals surface area contributed by atoms with E-state index in [-0.39, 0.29) is 0 Å². The van der Waals surface area contributed by atoms with Gasteiger partial charge in [0.15, 0.2) is 0 Å². The van der Waals surface area contributed by atoms with E-state index >= 15 is 0 Å². The highest BCUT2D eigenvalue weighted by atomic mass is 16.3. The lowest BCUT2D eigenvalue weighted by molar-refractivity contribution is 0.215. The summed E-state index contributed by atoms with van der Waals surface area (Å²) in [4.78, 5) is 6.21. The number of aliphatic hydroxyl groups is 1. The molecule has 88 valence electrons. The van der Waals surface area contributed by atoms with Crippen molar-refractivity contribution in [3.05, 3.63) is 59.9 Å². The molecule has 0 saturated carbocycles. The number of benzene rings is 1. The van der Waals surface area contributed by atoms with Gasteiger partial charge in [-0.2, -0.15) is 0 Å². The van der Waals surface area contributed by atoms with Gasteiger partial charge in [-0.05, 0) is 17.7 Å². The fourth-order valence-electron chi connectivity index (χ4n) is 1.67. The van der Waals surface area contributed by atoms with E-state index in [1.165, 1.54) is 0 Å². The highest BCUT2D eigenvalue weighted by Gasteiger charge is 2.12. The molecule has 3 heteroatoms. The summed E-state index contributed by atoms with van der Waals surface area (Å²) in [5, 5.41) is 10.2. The molecule has 17 heavy (non-hydrogen) atoms. The van der Waals surface area contributed by atoms with Crippen LogP contribution in [0.1, 0.15) is 17.4 Å². The van der Waals surface area contributed by atoms with Crippen molar-refractivity contribution < 1.29 is 5.11 Å². The maximum absolute atomic E-state index is 10.2. The summed E-state index contributed by atoms with van der Waals surface area (Å²) in [5.74, 6) is 0. The van der Waals surface area contributed by atoms with Crippen LogP contribution in [0.3, 0.4) is 0 Å². The van der Waals surface area contributed by atoms with Crippen LogP contribution in [0.5, 0.6) is 0 Å². The molecule has 0 fully saturated rings. The van der Waals surface area contributed by atoms with Gasteiger partial charge in [-0.3, -0.25) is 4.98 Å². The molecule has 0 radical (unpaired) electrons. The van der Waals surface area contributed by atoms with Gasteiger partial charge in [0, 0.05) is 26.0 Å². The van der Waals surface area contributed by atoms with E-state index in [1.807, 2.05) is 61.5 Å². The second-order valence-corrected chi connectivity index (χ2v) is 4.15. The monoisotopic (exact) mass is 228 g/mol. The first-order valence-electron chi connectivity index (χ1n) is 5.55. The fraction of sp³-hybridized carbons (Fsp3) is 0.214. The van der Waals surface area contributed by atoms with Crippen LogP contribution in [0, 0.1) is 0 Å². The number of nitrogens with zero attached hydrogens (tertiary/aromatic N) is 2. The van der Waals surface area contributed by atoms with Crippen LogP contribution in [0.4, 0.5) is 5.69 Å². The molecule has 0 bridgehead atoms. The van der Waals surface area contributed by atoms with Crippen molar-refractivity contribution >= 4 is 5.69 Å². The summed E-state index contributed by atoms with van der Waals surface area (Å²) < 4.78 is 0. The Labute approximate surface area is 101 Å². The average Bonchev–Trinajstić information content (AvgIpc) is 2.39. The summed E-state index contributed by atoms with van der Waals surface area (Å²) in [5.41, 5.74) is 2.56. The Morgan fingerprint density at radius 3 is 2.47 bits per heavy atom. The second kappa shape index (κ2) is 4.97. The molecule has 1 aromatic heterocycles. The molecule has 3 nitrogen and oxygen atoms in total. The topological polar surface area (TPSA) is 36.4 Å². The van der Waals surface area contributed by atoms with Gasteiger partial charge in [-0.1, -0.05) is 30.3 Å². The summed E-state index contributed by atoms with van der Waals surface area (Å²) in [7, 11) is 3.93. The first-order valence-corrected chi connectivity index (χ1v) is 5.55. The minimum absolute atomic E-state index is 0.669. The molecule has 0 aliphatic carbocycles. The van der Waals surface area contributed by atoms with Crippen molar-refractivity contribution in [3.8, 4) is 0 Å². The van der Waals surface area contributed by atoms with Gasteiger partial charge in [-0.15, -0.1) is 0 Å². The zero-order valence-corrected chi connectivity index (χ0v) is 10.0. The van der Waals surface area contributed by atoms with E-state index in [2.05, 4.69) is 4.98 Å². The third kappa shape index (κ3) is 2.63. The zero-order chi connectivity index (χ0) is 12.3. The summed E-state index contributed by atoms with van der Waals surface area (Å²) in [6.07, 6.45) is 1.05. The van der Waals surface area contributed by atoms with Crippen LogP contribution in [0.25, 0.3) is 0 Å². The molecule has 1 N–H and O–H groups in total. The minimum Gasteiger partial charge on any atom is -0.382 e. The van der Waals surface area contributed by atoms with Crippen molar-refractivity contribution in [1.29, 1.82) is 0 Å². The van der Waals surface area contributed by atoms with Gasteiger partial charge in [0.1, 0.15) is 6.10 Å². The lowest BCUT2D eigenvalue weighted by Gasteiger charge is -2.15. The minimum atomic E-state index is -0.670. The van der Waals surface area contributed by atoms with Gasteiger partial charge >= 0.3 is 0 Å². The second-order valence-electron chi connectivity index (χ2n) is 4.15. The van der Waals surface area contributed by atoms with E-state index in [1.54, 1.807) is 6.20 Å². The molecule has 0 unspecified atom stereocenters. The molecule has 1 atom stereocenters. The molecule has 0 spiro atoms. The number of aromatic nitrogens is 1. The van der Waals surface area contributed by atoms with Gasteiger partial charge in [-0.25, -0.2) is 0 Å². The molecule has 0 saturated heterocycles. The highest BCUT2D eigenvalue weighted by molar-refractivity contribution is 5.46. The van der Waals surface area contributed by atoms with Crippen LogP contribution in [-0.2, 0) is 0 Å². The molecule has 0 aliphatic heterocycles. The zero-order valence-electron chi connectivity index (χ0n) is 10.0. The molecule has 0 aliphatic rings. The van der Waals surface area contributed by atoms with Crippen LogP contribution >= 0.6 is 0 Å². The quantitative estimate of drug-likeness (QED) is 0.875. The Morgan fingerprint density at radius 2 is 1.82 bits per heavy atom. The summed E-state index contributed by atoms with van der Waals surface area (Å²) >= 11 is 0. The van der Waals surface area contributed by atoms with E-state index in [4.69, 9.17) is 0 Å². The average molecular weight is 228 g/mol. The Kier molecular flexibility index (Phi) is 3.40. The Bertz CT molecular complexity index is 483. The van der Waals surface area contributed by atoms with E-state index in [0.29, 0.717) is 5.69 Å². The van der Waals surface area contributed by atoms with Crippen molar-refractivity contribution in [2.24, 2.45) is 0 Å². The normalized spacial score (nSPS) is 12.2. The molecule has 1 aromatic carbocycles. The molecule has 0 amide bonds. The largest absolute Gasteiger partial charge is 0.382 e. The van der Waals surface area contributed by atoms with E-state index in [0.717, 1.165) is 11.3 Å². The Hall–Kier alpha value is -1.87. The smallest absolute Gasteiger partial charge is 0.121 e. The first-order chi connectivity index (χ1) is 8.18. The molecule has 2 rings (SSSR count). The van der Waals surface area contributed by atoms with Crippen LogP contribution in [0.2, 0.25) is 0 Å². The maximum Gasteiger partial charge on any atom is 0.121 e. The van der Waals surface area contributed by atoms with Crippen LogP contribution in [0.15, 0.2) is 48.7 Å². The molecule has 1 heterocycles. The van der Waals surface area contributed by atoms with Gasteiger partial charge in [0.25, 0.3) is 0 Å².